The second-order valence-corrected chi connectivity index (χ2v) is 8.57. The lowest BCUT2D eigenvalue weighted by molar-refractivity contribution is 0.0937. The number of halogens is 1. The van der Waals surface area contributed by atoms with Gasteiger partial charge in [-0.2, -0.15) is 0 Å². The molecule has 146 valence electrons. The van der Waals surface area contributed by atoms with Crippen LogP contribution in [0.5, 0.6) is 5.75 Å². The topological polar surface area (TPSA) is 53.3 Å². The molecule has 1 atom stereocenters. The van der Waals surface area contributed by atoms with Gasteiger partial charge in [0.15, 0.2) is 5.16 Å². The van der Waals surface area contributed by atoms with Crippen LogP contribution < -0.4 is 10.3 Å². The van der Waals surface area contributed by atoms with Crippen LogP contribution in [-0.2, 0) is 17.0 Å². The summed E-state index contributed by atoms with van der Waals surface area (Å²) in [6, 6.07) is 13.4. The van der Waals surface area contributed by atoms with Crippen molar-refractivity contribution in [2.75, 3.05) is 13.7 Å². The normalized spacial score (nSPS) is 16.6. The zero-order valence-corrected chi connectivity index (χ0v) is 18.0. The van der Waals surface area contributed by atoms with E-state index in [1.165, 1.54) is 0 Å². The maximum Gasteiger partial charge on any atom is 0.262 e. The van der Waals surface area contributed by atoms with Crippen molar-refractivity contribution in [2.45, 2.75) is 36.4 Å². The number of hydrogen-bond donors (Lipinski definition) is 0. The van der Waals surface area contributed by atoms with Gasteiger partial charge in [0.25, 0.3) is 5.56 Å². The highest BCUT2D eigenvalue weighted by atomic mass is 79.9. The van der Waals surface area contributed by atoms with E-state index in [9.17, 15) is 4.79 Å². The minimum Gasteiger partial charge on any atom is -0.496 e. The summed E-state index contributed by atoms with van der Waals surface area (Å²) >= 11 is 5.06. The van der Waals surface area contributed by atoms with Crippen molar-refractivity contribution in [3.63, 3.8) is 0 Å². The molecule has 3 aromatic rings. The summed E-state index contributed by atoms with van der Waals surface area (Å²) < 4.78 is 14.0. The predicted molar refractivity (Wildman–Crippen MR) is 115 cm³/mol. The Kier molecular flexibility index (Phi) is 6.04. The van der Waals surface area contributed by atoms with Crippen molar-refractivity contribution in [1.82, 2.24) is 9.55 Å². The molecule has 0 bridgehead atoms. The molecule has 0 aliphatic carbocycles. The Hall–Kier alpha value is -1.83. The van der Waals surface area contributed by atoms with E-state index in [2.05, 4.69) is 15.9 Å². The largest absolute Gasteiger partial charge is 0.496 e. The summed E-state index contributed by atoms with van der Waals surface area (Å²) in [5.74, 6) is 1.48. The fraction of sp³-hybridized carbons (Fsp3) is 0.333. The van der Waals surface area contributed by atoms with Crippen LogP contribution in [0, 0.1) is 0 Å². The van der Waals surface area contributed by atoms with Crippen molar-refractivity contribution in [3.05, 3.63) is 62.9 Å². The number of aromatic nitrogens is 2. The van der Waals surface area contributed by atoms with Crippen molar-refractivity contribution >= 4 is 38.6 Å². The zero-order valence-electron chi connectivity index (χ0n) is 15.6. The molecule has 2 heterocycles. The van der Waals surface area contributed by atoms with E-state index < -0.39 is 0 Å². The molecule has 7 heteroatoms. The Morgan fingerprint density at radius 2 is 2.18 bits per heavy atom. The monoisotopic (exact) mass is 460 g/mol. The van der Waals surface area contributed by atoms with E-state index in [1.807, 2.05) is 42.5 Å². The molecular formula is C21H21BrN2O3S. The number of fused-ring (bicyclic) bond motifs is 1. The lowest BCUT2D eigenvalue weighted by atomic mass is 10.2. The van der Waals surface area contributed by atoms with Crippen LogP contribution in [0.3, 0.4) is 0 Å². The van der Waals surface area contributed by atoms with Crippen molar-refractivity contribution < 1.29 is 9.47 Å². The molecule has 1 unspecified atom stereocenters. The highest BCUT2D eigenvalue weighted by molar-refractivity contribution is 9.10. The maximum atomic E-state index is 13.1. The van der Waals surface area contributed by atoms with Crippen molar-refractivity contribution in [3.8, 4) is 5.75 Å². The molecule has 1 aromatic heterocycles. The Morgan fingerprint density at radius 3 is 2.96 bits per heavy atom. The third-order valence-electron chi connectivity index (χ3n) is 4.84. The van der Waals surface area contributed by atoms with Crippen LogP contribution in [0.1, 0.15) is 18.4 Å². The number of ether oxygens (including phenoxy) is 2. The second kappa shape index (κ2) is 8.68. The molecule has 28 heavy (non-hydrogen) atoms. The van der Waals surface area contributed by atoms with E-state index in [0.717, 1.165) is 40.8 Å². The van der Waals surface area contributed by atoms with Crippen LogP contribution in [0.25, 0.3) is 10.9 Å². The average molecular weight is 461 g/mol. The van der Waals surface area contributed by atoms with Gasteiger partial charge < -0.3 is 9.47 Å². The SMILES string of the molecule is COc1ccc(Br)cc1CSc1nc2ccccc2c(=O)n1CC1CCCO1. The van der Waals surface area contributed by atoms with Gasteiger partial charge in [-0.15, -0.1) is 0 Å². The number of benzene rings is 2. The molecule has 0 amide bonds. The van der Waals surface area contributed by atoms with E-state index in [0.29, 0.717) is 22.8 Å². The number of thioether (sulfide) groups is 1. The van der Waals surface area contributed by atoms with Crippen LogP contribution in [0.4, 0.5) is 0 Å². The molecule has 1 aliphatic heterocycles. The molecular weight excluding hydrogens is 440 g/mol. The zero-order chi connectivity index (χ0) is 19.5. The van der Waals surface area contributed by atoms with Crippen LogP contribution in [0.15, 0.2) is 56.9 Å². The predicted octanol–water partition coefficient (Wildman–Crippen LogP) is 4.64. The minimum atomic E-state index is -0.00944. The molecule has 0 spiro atoms. The Balaban J connectivity index is 1.70. The smallest absolute Gasteiger partial charge is 0.262 e. The first kappa shape index (κ1) is 19.5. The Labute approximate surface area is 176 Å². The lowest BCUT2D eigenvalue weighted by Crippen LogP contribution is -2.28. The third-order valence-corrected chi connectivity index (χ3v) is 6.35. The van der Waals surface area contributed by atoms with E-state index in [4.69, 9.17) is 14.5 Å². The summed E-state index contributed by atoms with van der Waals surface area (Å²) in [5, 5.41) is 1.35. The van der Waals surface area contributed by atoms with E-state index >= 15 is 0 Å². The number of rotatable bonds is 6. The van der Waals surface area contributed by atoms with E-state index in [1.54, 1.807) is 23.4 Å². The van der Waals surface area contributed by atoms with E-state index in [-0.39, 0.29) is 11.7 Å². The summed E-state index contributed by atoms with van der Waals surface area (Å²) in [6.07, 6.45) is 2.08. The fourth-order valence-electron chi connectivity index (χ4n) is 3.41. The molecule has 0 radical (unpaired) electrons. The Morgan fingerprint density at radius 1 is 1.32 bits per heavy atom. The molecule has 1 saturated heterocycles. The molecule has 4 rings (SSSR count). The highest BCUT2D eigenvalue weighted by Gasteiger charge is 2.20. The van der Waals surface area contributed by atoms with Gasteiger partial charge in [0.05, 0.1) is 30.7 Å². The number of hydrogen-bond acceptors (Lipinski definition) is 5. The molecule has 2 aromatic carbocycles. The van der Waals surface area contributed by atoms with Gasteiger partial charge in [0, 0.05) is 22.4 Å². The molecule has 0 saturated carbocycles. The second-order valence-electron chi connectivity index (χ2n) is 6.71. The Bertz CT molecular complexity index is 1050. The van der Waals surface area contributed by atoms with Gasteiger partial charge >= 0.3 is 0 Å². The summed E-state index contributed by atoms with van der Waals surface area (Å²) in [7, 11) is 1.67. The first-order valence-electron chi connectivity index (χ1n) is 9.22. The number of nitrogens with zero attached hydrogens (tertiary/aromatic N) is 2. The standard InChI is InChI=1S/C21H21BrN2O3S/c1-26-19-9-8-15(22)11-14(19)13-28-21-23-18-7-3-2-6-17(18)20(25)24(21)12-16-5-4-10-27-16/h2-3,6-9,11,16H,4-5,10,12-13H2,1H3. The lowest BCUT2D eigenvalue weighted by Gasteiger charge is -2.17. The van der Waals surface area contributed by atoms with Crippen LogP contribution in [0.2, 0.25) is 0 Å². The van der Waals surface area contributed by atoms with Gasteiger partial charge in [0.2, 0.25) is 0 Å². The van der Waals surface area contributed by atoms with Gasteiger partial charge in [0.1, 0.15) is 5.75 Å². The average Bonchev–Trinajstić information content (AvgIpc) is 3.22. The molecule has 1 aliphatic rings. The van der Waals surface area contributed by atoms with Gasteiger partial charge in [-0.05, 0) is 43.2 Å². The number of methoxy groups -OCH3 is 1. The number of para-hydroxylation sites is 1. The minimum absolute atomic E-state index is 0.00944. The van der Waals surface area contributed by atoms with Gasteiger partial charge in [-0.1, -0.05) is 39.8 Å². The first-order valence-corrected chi connectivity index (χ1v) is 11.0. The summed E-state index contributed by atoms with van der Waals surface area (Å²) in [6.45, 7) is 1.30. The maximum absolute atomic E-state index is 13.1. The van der Waals surface area contributed by atoms with Crippen molar-refractivity contribution in [2.24, 2.45) is 0 Å². The molecule has 0 N–H and O–H groups in total. The molecule has 5 nitrogen and oxygen atoms in total. The van der Waals surface area contributed by atoms with Crippen LogP contribution >= 0.6 is 27.7 Å². The molecule has 1 fully saturated rings. The highest BCUT2D eigenvalue weighted by Crippen LogP contribution is 2.30. The quantitative estimate of drug-likeness (QED) is 0.396. The summed E-state index contributed by atoms with van der Waals surface area (Å²) in [4.78, 5) is 17.9. The van der Waals surface area contributed by atoms with Gasteiger partial charge in [-0.25, -0.2) is 4.98 Å². The summed E-state index contributed by atoms with van der Waals surface area (Å²) in [5.41, 5.74) is 1.76. The first-order chi connectivity index (χ1) is 13.7. The van der Waals surface area contributed by atoms with Crippen LogP contribution in [-0.4, -0.2) is 29.4 Å². The fourth-order valence-corrected chi connectivity index (χ4v) is 4.81. The van der Waals surface area contributed by atoms with Gasteiger partial charge in [-0.3, -0.25) is 9.36 Å². The third kappa shape index (κ3) is 4.11. The van der Waals surface area contributed by atoms with Crippen molar-refractivity contribution in [1.29, 1.82) is 0 Å².